The number of aromatic amines is 1. The Bertz CT molecular complexity index is 1520. The fraction of sp³-hybridized carbons (Fsp3) is 0.276. The zero-order valence-corrected chi connectivity index (χ0v) is 22.0. The van der Waals surface area contributed by atoms with E-state index in [-0.39, 0.29) is 11.1 Å². The summed E-state index contributed by atoms with van der Waals surface area (Å²) >= 11 is 6.35. The van der Waals surface area contributed by atoms with E-state index >= 15 is 8.78 Å². The molecule has 4 aromatic rings. The van der Waals surface area contributed by atoms with E-state index in [9.17, 15) is 4.79 Å². The highest BCUT2D eigenvalue weighted by Gasteiger charge is 2.45. The molecule has 0 fully saturated rings. The maximum absolute atomic E-state index is 16.2. The van der Waals surface area contributed by atoms with Gasteiger partial charge in [0.2, 0.25) is 0 Å². The molecule has 1 unspecified atom stereocenters. The van der Waals surface area contributed by atoms with Gasteiger partial charge >= 0.3 is 6.09 Å². The molecule has 0 saturated heterocycles. The molecule has 1 aliphatic rings. The molecule has 2 atom stereocenters. The number of carbonyl (C=O) groups excluding carboxylic acids is 1. The van der Waals surface area contributed by atoms with E-state index in [2.05, 4.69) is 15.6 Å². The van der Waals surface area contributed by atoms with Crippen molar-refractivity contribution in [3.63, 3.8) is 0 Å². The zero-order chi connectivity index (χ0) is 26.6. The molecule has 37 heavy (non-hydrogen) atoms. The summed E-state index contributed by atoms with van der Waals surface area (Å²) in [6, 6.07) is 12.2. The molecule has 1 aliphatic heterocycles. The molecule has 0 radical (unpaired) electrons. The number of aryl methyl sites for hydroxylation is 2. The number of benzene rings is 3. The number of ether oxygens (including phenoxy) is 1. The van der Waals surface area contributed by atoms with E-state index in [4.69, 9.17) is 16.3 Å². The number of aromatic nitrogens is 1. The number of para-hydroxylation sites is 1. The van der Waals surface area contributed by atoms with Gasteiger partial charge in [0.25, 0.3) is 0 Å². The highest BCUT2D eigenvalue weighted by Crippen LogP contribution is 2.46. The minimum atomic E-state index is -0.810. The van der Waals surface area contributed by atoms with Crippen molar-refractivity contribution in [1.29, 1.82) is 0 Å². The monoisotopic (exact) mass is 523 g/mol. The van der Waals surface area contributed by atoms with Crippen molar-refractivity contribution in [2.45, 2.75) is 52.2 Å². The van der Waals surface area contributed by atoms with Crippen molar-refractivity contribution >= 4 is 40.0 Å². The number of H-pyrrole nitrogens is 1. The molecule has 0 aliphatic carbocycles. The third-order valence-electron chi connectivity index (χ3n) is 7.08. The first-order valence-corrected chi connectivity index (χ1v) is 12.5. The van der Waals surface area contributed by atoms with Gasteiger partial charge in [-0.2, -0.15) is 0 Å². The summed E-state index contributed by atoms with van der Waals surface area (Å²) in [6.45, 7) is 9.20. The number of nitrogens with one attached hydrogen (secondary N) is 3. The van der Waals surface area contributed by atoms with Crippen LogP contribution >= 0.6 is 11.6 Å². The molecule has 1 amide bonds. The Morgan fingerprint density at radius 1 is 1.14 bits per heavy atom. The molecule has 2 heterocycles. The molecule has 5 nitrogen and oxygen atoms in total. The Balaban J connectivity index is 1.52. The number of anilines is 2. The van der Waals surface area contributed by atoms with Crippen molar-refractivity contribution in [2.75, 3.05) is 10.6 Å². The van der Waals surface area contributed by atoms with Crippen molar-refractivity contribution in [1.82, 2.24) is 4.98 Å². The Labute approximate surface area is 219 Å². The Morgan fingerprint density at radius 3 is 2.62 bits per heavy atom. The molecule has 1 aromatic heterocycles. The predicted molar refractivity (Wildman–Crippen MR) is 145 cm³/mol. The zero-order valence-electron chi connectivity index (χ0n) is 21.2. The van der Waals surface area contributed by atoms with Crippen LogP contribution in [0.25, 0.3) is 22.0 Å². The van der Waals surface area contributed by atoms with Gasteiger partial charge in [0.15, 0.2) is 0 Å². The molecular weight excluding hydrogens is 496 g/mol. The number of hydrogen-bond donors (Lipinski definition) is 3. The number of rotatable bonds is 3. The van der Waals surface area contributed by atoms with Gasteiger partial charge in [0.05, 0.1) is 27.3 Å². The lowest BCUT2D eigenvalue weighted by atomic mass is 9.77. The quantitative estimate of drug-likeness (QED) is 0.253. The summed E-state index contributed by atoms with van der Waals surface area (Å²) in [5, 5.41) is 7.18. The summed E-state index contributed by atoms with van der Waals surface area (Å²) in [4.78, 5) is 16.1. The van der Waals surface area contributed by atoms with E-state index in [1.165, 1.54) is 6.07 Å². The van der Waals surface area contributed by atoms with E-state index in [1.807, 2.05) is 45.9 Å². The smallest absolute Gasteiger partial charge is 0.412 e. The first kappa shape index (κ1) is 25.1. The SMILES string of the molecule is Cc1cc(C)c(NC(=O)OC2[C@@H](C)c3c(cc(F)c(-c4cccc5cc[nH]c45)c3F)NC2(C)C)c(Cl)c1. The number of fused-ring (bicyclic) bond motifs is 2. The molecule has 3 N–H and O–H groups in total. The molecule has 192 valence electrons. The standard InChI is InChI=1S/C29H28ClF2N3O2/c1-14-11-15(2)25(19(30)12-14)34-28(36)37-27-16(3)22-21(35-29(27,4)5)13-20(31)23(24(22)32)18-8-6-7-17-9-10-33-26(17)18/h6-13,16,27,33,35H,1-5H3,(H,34,36)/t16-,27?/m0/s1. The van der Waals surface area contributed by atoms with Crippen LogP contribution in [-0.2, 0) is 4.74 Å². The minimum absolute atomic E-state index is 0.120. The van der Waals surface area contributed by atoms with Crippen molar-refractivity contribution < 1.29 is 18.3 Å². The molecule has 0 spiro atoms. The maximum atomic E-state index is 16.2. The summed E-state index contributed by atoms with van der Waals surface area (Å²) in [7, 11) is 0. The van der Waals surface area contributed by atoms with Crippen LogP contribution < -0.4 is 10.6 Å². The Hall–Kier alpha value is -3.58. The lowest BCUT2D eigenvalue weighted by Crippen LogP contribution is -2.52. The van der Waals surface area contributed by atoms with Crippen LogP contribution in [-0.4, -0.2) is 22.7 Å². The highest BCUT2D eigenvalue weighted by molar-refractivity contribution is 6.34. The van der Waals surface area contributed by atoms with Crippen LogP contribution in [0.1, 0.15) is 43.4 Å². The first-order valence-electron chi connectivity index (χ1n) is 12.1. The number of hydrogen-bond acceptors (Lipinski definition) is 3. The summed E-state index contributed by atoms with van der Waals surface area (Å²) < 4.78 is 37.4. The number of halogens is 3. The Kier molecular flexibility index (Phi) is 6.15. The molecular formula is C29H28ClF2N3O2. The van der Waals surface area contributed by atoms with E-state index in [0.29, 0.717) is 27.5 Å². The summed E-state index contributed by atoms with van der Waals surface area (Å²) in [6.07, 6.45) is 0.265. The van der Waals surface area contributed by atoms with Crippen LogP contribution in [0.5, 0.6) is 0 Å². The van der Waals surface area contributed by atoms with Crippen LogP contribution in [0.4, 0.5) is 25.0 Å². The van der Waals surface area contributed by atoms with Crippen molar-refractivity contribution in [2.24, 2.45) is 0 Å². The highest BCUT2D eigenvalue weighted by atomic mass is 35.5. The lowest BCUT2D eigenvalue weighted by molar-refractivity contribution is 0.0560. The van der Waals surface area contributed by atoms with Gasteiger partial charge in [-0.1, -0.05) is 42.8 Å². The van der Waals surface area contributed by atoms with Crippen molar-refractivity contribution in [3.8, 4) is 11.1 Å². The number of amides is 1. The van der Waals surface area contributed by atoms with Gasteiger partial charge < -0.3 is 15.0 Å². The molecule has 5 rings (SSSR count). The minimum Gasteiger partial charge on any atom is -0.443 e. The summed E-state index contributed by atoms with van der Waals surface area (Å²) in [5.74, 6) is -1.93. The third kappa shape index (κ3) is 4.31. The van der Waals surface area contributed by atoms with Crippen LogP contribution in [0.3, 0.4) is 0 Å². The third-order valence-corrected chi connectivity index (χ3v) is 7.38. The predicted octanol–water partition coefficient (Wildman–Crippen LogP) is 8.31. The van der Waals surface area contributed by atoms with E-state index < -0.39 is 35.3 Å². The fourth-order valence-corrected chi connectivity index (χ4v) is 5.86. The number of carbonyl (C=O) groups is 1. The largest absolute Gasteiger partial charge is 0.443 e. The van der Waals surface area contributed by atoms with Crippen LogP contribution in [0.15, 0.2) is 48.7 Å². The maximum Gasteiger partial charge on any atom is 0.412 e. The van der Waals surface area contributed by atoms with Gasteiger partial charge in [-0.3, -0.25) is 5.32 Å². The fourth-order valence-electron chi connectivity index (χ4n) is 5.49. The van der Waals surface area contributed by atoms with Gasteiger partial charge in [-0.25, -0.2) is 13.6 Å². The lowest BCUT2D eigenvalue weighted by Gasteiger charge is -2.44. The molecule has 3 aromatic carbocycles. The second kappa shape index (κ2) is 9.06. The van der Waals surface area contributed by atoms with Gasteiger partial charge in [0.1, 0.15) is 17.7 Å². The van der Waals surface area contributed by atoms with Gasteiger partial charge in [-0.05, 0) is 62.4 Å². The average Bonchev–Trinajstić information content (AvgIpc) is 3.28. The summed E-state index contributed by atoms with van der Waals surface area (Å²) in [5.41, 5.74) is 2.98. The van der Waals surface area contributed by atoms with Gasteiger partial charge in [-0.15, -0.1) is 0 Å². The second-order valence-corrected chi connectivity index (χ2v) is 10.7. The van der Waals surface area contributed by atoms with Crippen LogP contribution in [0.2, 0.25) is 5.02 Å². The molecule has 0 bridgehead atoms. The van der Waals surface area contributed by atoms with Crippen LogP contribution in [0, 0.1) is 25.5 Å². The first-order chi connectivity index (χ1) is 17.5. The van der Waals surface area contributed by atoms with E-state index in [1.54, 1.807) is 31.3 Å². The second-order valence-electron chi connectivity index (χ2n) is 10.3. The van der Waals surface area contributed by atoms with Gasteiger partial charge in [0, 0.05) is 28.9 Å². The van der Waals surface area contributed by atoms with E-state index in [0.717, 1.165) is 16.5 Å². The van der Waals surface area contributed by atoms with Crippen molar-refractivity contribution in [3.05, 3.63) is 82.0 Å². The average molecular weight is 524 g/mol. The normalized spacial score (nSPS) is 18.3. The molecule has 0 saturated carbocycles. The molecule has 8 heteroatoms. The Morgan fingerprint density at radius 2 is 1.89 bits per heavy atom. The topological polar surface area (TPSA) is 66.1 Å².